The molecule has 1 aliphatic rings. The van der Waals surface area contributed by atoms with Crippen LogP contribution in [-0.2, 0) is 14.3 Å². The number of hydrogen-bond donors (Lipinski definition) is 0. The van der Waals surface area contributed by atoms with Crippen LogP contribution in [0.2, 0.25) is 0 Å². The van der Waals surface area contributed by atoms with E-state index in [-0.39, 0.29) is 17.9 Å². The Balaban J connectivity index is 2.52. The quantitative estimate of drug-likeness (QED) is 0.449. The van der Waals surface area contributed by atoms with Crippen LogP contribution in [0, 0.1) is 11.3 Å². The molecule has 0 N–H and O–H groups in total. The first-order valence-electron chi connectivity index (χ1n) is 8.23. The molecular weight excluding hydrogens is 320 g/mol. The Morgan fingerprint density at radius 2 is 2.00 bits per heavy atom. The molecule has 0 atom stereocenters. The van der Waals surface area contributed by atoms with Crippen molar-refractivity contribution in [1.82, 2.24) is 0 Å². The van der Waals surface area contributed by atoms with Crippen LogP contribution in [0.1, 0.15) is 26.3 Å². The standard InChI is InChI=1S/C19H22N2O4/c1-5-21(6-2)13-8-9-14-16(23-4)11-18(25-17(14)10-13)15(12-20)19(22)24-7-3/h8-11H,5-7H2,1-4H3/b18-15-. The number of allylic oxidation sites excluding steroid dienone is 1. The van der Waals surface area contributed by atoms with Crippen LogP contribution < -0.4 is 9.64 Å². The van der Waals surface area contributed by atoms with Gasteiger partial charge in [0.05, 0.1) is 19.3 Å². The van der Waals surface area contributed by atoms with Crippen LogP contribution in [0.3, 0.4) is 0 Å². The van der Waals surface area contributed by atoms with Gasteiger partial charge in [0, 0.05) is 30.9 Å². The highest BCUT2D eigenvalue weighted by molar-refractivity contribution is 5.94. The fourth-order valence-corrected chi connectivity index (χ4v) is 2.63. The summed E-state index contributed by atoms with van der Waals surface area (Å²) in [6.45, 7) is 7.73. The highest BCUT2D eigenvalue weighted by Gasteiger charge is 2.25. The number of carbonyl (C=O) groups excluding carboxylic acids is 1. The predicted molar refractivity (Wildman–Crippen MR) is 94.9 cm³/mol. The molecule has 0 aromatic heterocycles. The Morgan fingerprint density at radius 1 is 1.28 bits per heavy atom. The van der Waals surface area contributed by atoms with Crippen molar-refractivity contribution >= 4 is 17.4 Å². The van der Waals surface area contributed by atoms with E-state index in [1.54, 1.807) is 6.92 Å². The van der Waals surface area contributed by atoms with Crippen LogP contribution in [0.4, 0.5) is 5.69 Å². The van der Waals surface area contributed by atoms with E-state index >= 15 is 0 Å². The number of methoxy groups -OCH3 is 1. The van der Waals surface area contributed by atoms with Gasteiger partial charge >= 0.3 is 5.97 Å². The predicted octanol–water partition coefficient (Wildman–Crippen LogP) is 3.25. The van der Waals surface area contributed by atoms with Crippen molar-refractivity contribution in [3.8, 4) is 11.8 Å². The number of hydrogen-bond acceptors (Lipinski definition) is 6. The van der Waals surface area contributed by atoms with E-state index in [4.69, 9.17) is 14.2 Å². The molecule has 1 aromatic rings. The van der Waals surface area contributed by atoms with Gasteiger partial charge in [0.15, 0.2) is 11.3 Å². The lowest BCUT2D eigenvalue weighted by atomic mass is 10.1. The summed E-state index contributed by atoms with van der Waals surface area (Å²) < 4.78 is 16.2. The molecule has 0 saturated heterocycles. The molecule has 0 saturated carbocycles. The number of rotatable bonds is 6. The molecule has 0 amide bonds. The van der Waals surface area contributed by atoms with E-state index in [2.05, 4.69) is 18.7 Å². The summed E-state index contributed by atoms with van der Waals surface area (Å²) >= 11 is 0. The zero-order valence-electron chi connectivity index (χ0n) is 15.0. The molecule has 0 radical (unpaired) electrons. The molecule has 6 nitrogen and oxygen atoms in total. The lowest BCUT2D eigenvalue weighted by Crippen LogP contribution is -2.22. The fraction of sp³-hybridized carbons (Fsp3) is 0.368. The van der Waals surface area contributed by atoms with Gasteiger partial charge in [0.2, 0.25) is 0 Å². The molecule has 0 unspecified atom stereocenters. The maximum atomic E-state index is 12.0. The van der Waals surface area contributed by atoms with E-state index in [0.29, 0.717) is 11.5 Å². The van der Waals surface area contributed by atoms with Crippen LogP contribution in [0.5, 0.6) is 5.75 Å². The number of ether oxygens (including phenoxy) is 3. The minimum absolute atomic E-state index is 0.127. The molecular formula is C19H22N2O4. The summed E-state index contributed by atoms with van der Waals surface area (Å²) in [4.78, 5) is 14.2. The van der Waals surface area contributed by atoms with Gasteiger partial charge in [-0.15, -0.1) is 0 Å². The topological polar surface area (TPSA) is 71.8 Å². The number of nitriles is 1. The smallest absolute Gasteiger partial charge is 0.352 e. The van der Waals surface area contributed by atoms with Gasteiger partial charge in [-0.25, -0.2) is 4.79 Å². The van der Waals surface area contributed by atoms with Gasteiger partial charge in [-0.3, -0.25) is 0 Å². The van der Waals surface area contributed by atoms with Gasteiger partial charge in [-0.05, 0) is 32.9 Å². The first-order chi connectivity index (χ1) is 12.1. The van der Waals surface area contributed by atoms with E-state index in [9.17, 15) is 10.1 Å². The number of benzene rings is 1. The van der Waals surface area contributed by atoms with Crippen molar-refractivity contribution in [2.45, 2.75) is 20.8 Å². The third kappa shape index (κ3) is 3.77. The van der Waals surface area contributed by atoms with Gasteiger partial charge in [0.1, 0.15) is 17.6 Å². The second-order valence-corrected chi connectivity index (χ2v) is 5.24. The van der Waals surface area contributed by atoms with Crippen molar-refractivity contribution in [2.24, 2.45) is 0 Å². The molecule has 0 aliphatic carbocycles. The molecule has 25 heavy (non-hydrogen) atoms. The molecule has 0 fully saturated rings. The minimum atomic E-state index is -0.713. The highest BCUT2D eigenvalue weighted by atomic mass is 16.5. The molecule has 0 bridgehead atoms. The number of fused-ring (bicyclic) bond motifs is 1. The zero-order chi connectivity index (χ0) is 18.4. The summed E-state index contributed by atoms with van der Waals surface area (Å²) in [6.07, 6.45) is 1.54. The van der Waals surface area contributed by atoms with Crippen LogP contribution in [-0.4, -0.2) is 32.8 Å². The molecule has 1 heterocycles. The average Bonchev–Trinajstić information content (AvgIpc) is 2.62. The second kappa shape index (κ2) is 8.25. The maximum Gasteiger partial charge on any atom is 0.352 e. The normalized spacial score (nSPS) is 14.4. The summed E-state index contributed by atoms with van der Waals surface area (Å²) in [5, 5.41) is 9.33. The van der Waals surface area contributed by atoms with Gasteiger partial charge < -0.3 is 19.1 Å². The molecule has 2 rings (SSSR count). The number of nitrogens with zero attached hydrogens (tertiary/aromatic N) is 2. The minimum Gasteiger partial charge on any atom is -0.496 e. The number of carbonyl (C=O) groups is 1. The summed E-state index contributed by atoms with van der Waals surface area (Å²) in [7, 11) is 1.53. The van der Waals surface area contributed by atoms with E-state index in [0.717, 1.165) is 24.3 Å². The third-order valence-electron chi connectivity index (χ3n) is 3.90. The van der Waals surface area contributed by atoms with Crippen molar-refractivity contribution in [3.05, 3.63) is 41.2 Å². The largest absolute Gasteiger partial charge is 0.496 e. The Kier molecular flexibility index (Phi) is 6.07. The number of anilines is 1. The molecule has 1 aromatic carbocycles. The molecule has 0 spiro atoms. The first kappa shape index (κ1) is 18.4. The Bertz CT molecular complexity index is 755. The number of esters is 1. The summed E-state index contributed by atoms with van der Waals surface area (Å²) in [6, 6.07) is 7.65. The molecule has 132 valence electrons. The Labute approximate surface area is 147 Å². The SMILES string of the molecule is CCOC(=O)/C(C#N)=C1/C=C(OC)c2ccc(N(CC)CC)cc2O1. The van der Waals surface area contributed by atoms with Crippen LogP contribution >= 0.6 is 0 Å². The lowest BCUT2D eigenvalue weighted by Gasteiger charge is -2.25. The van der Waals surface area contributed by atoms with Crippen molar-refractivity contribution < 1.29 is 19.0 Å². The van der Waals surface area contributed by atoms with E-state index in [1.807, 2.05) is 24.3 Å². The van der Waals surface area contributed by atoms with Crippen LogP contribution in [0.25, 0.3) is 5.76 Å². The molecule has 1 aliphatic heterocycles. The third-order valence-corrected chi connectivity index (χ3v) is 3.90. The van der Waals surface area contributed by atoms with Gasteiger partial charge in [0.25, 0.3) is 0 Å². The fourth-order valence-electron chi connectivity index (χ4n) is 2.63. The van der Waals surface area contributed by atoms with Crippen molar-refractivity contribution in [3.63, 3.8) is 0 Å². The van der Waals surface area contributed by atoms with Gasteiger partial charge in [-0.1, -0.05) is 0 Å². The van der Waals surface area contributed by atoms with Crippen LogP contribution in [0.15, 0.2) is 35.6 Å². The monoisotopic (exact) mass is 342 g/mol. The Morgan fingerprint density at radius 3 is 2.56 bits per heavy atom. The van der Waals surface area contributed by atoms with E-state index < -0.39 is 5.97 Å². The Hall–Kier alpha value is -2.94. The lowest BCUT2D eigenvalue weighted by molar-refractivity contribution is -0.138. The summed E-state index contributed by atoms with van der Waals surface area (Å²) in [5.74, 6) is 0.479. The average molecular weight is 342 g/mol. The summed E-state index contributed by atoms with van der Waals surface area (Å²) in [5.41, 5.74) is 1.58. The second-order valence-electron chi connectivity index (χ2n) is 5.24. The van der Waals surface area contributed by atoms with Crippen molar-refractivity contribution in [1.29, 1.82) is 5.26 Å². The highest BCUT2D eigenvalue weighted by Crippen LogP contribution is 2.37. The zero-order valence-corrected chi connectivity index (χ0v) is 15.0. The van der Waals surface area contributed by atoms with E-state index in [1.165, 1.54) is 13.2 Å². The first-order valence-corrected chi connectivity index (χ1v) is 8.23. The van der Waals surface area contributed by atoms with Crippen molar-refractivity contribution in [2.75, 3.05) is 31.7 Å². The maximum absolute atomic E-state index is 12.0. The molecule has 6 heteroatoms. The van der Waals surface area contributed by atoms with Gasteiger partial charge in [-0.2, -0.15) is 5.26 Å².